The van der Waals surface area contributed by atoms with Crippen molar-refractivity contribution in [3.8, 4) is 17.6 Å². The number of aliphatic hydroxyl groups excluding tert-OH is 1. The highest BCUT2D eigenvalue weighted by Gasteiger charge is 2.50. The van der Waals surface area contributed by atoms with Gasteiger partial charge in [-0.1, -0.05) is 0 Å². The lowest BCUT2D eigenvalue weighted by atomic mass is 10.1. The summed E-state index contributed by atoms with van der Waals surface area (Å²) < 4.78 is 84.8. The molecule has 1 aliphatic carbocycles. The molecule has 1 aliphatic rings. The molecule has 0 bridgehead atoms. The maximum atomic E-state index is 13.9. The van der Waals surface area contributed by atoms with Crippen molar-refractivity contribution in [1.82, 2.24) is 0 Å². The van der Waals surface area contributed by atoms with E-state index in [0.717, 1.165) is 30.3 Å². The molecular formula is C17H9F6NO2S. The van der Waals surface area contributed by atoms with Gasteiger partial charge in [0.2, 0.25) is 0 Å². The average Bonchev–Trinajstić information content (AvgIpc) is 2.79. The van der Waals surface area contributed by atoms with Crippen molar-refractivity contribution in [3.63, 3.8) is 0 Å². The normalized spacial score (nSPS) is 18.1. The van der Waals surface area contributed by atoms with E-state index in [4.69, 9.17) is 10.00 Å². The van der Waals surface area contributed by atoms with Crippen LogP contribution in [0, 0.1) is 17.1 Å². The first-order valence-corrected chi connectivity index (χ1v) is 8.18. The highest BCUT2D eigenvalue weighted by molar-refractivity contribution is 8.00. The van der Waals surface area contributed by atoms with Gasteiger partial charge in [-0.15, -0.1) is 0 Å². The second kappa shape index (κ2) is 6.65. The Bertz CT molecular complexity index is 938. The standard InChI is InChI=1S/C17H9F6NO2S/c18-9-3-8(7-24)4-10(5-9)26-12-1-2-13(27-17(21,22)23)14-11(12)6-16(19,20)15(14)25/h1-5,15,25H,6H2. The zero-order chi connectivity index (χ0) is 20.0. The molecule has 0 fully saturated rings. The summed E-state index contributed by atoms with van der Waals surface area (Å²) in [7, 11) is 0. The molecule has 0 spiro atoms. The molecule has 0 aromatic heterocycles. The van der Waals surface area contributed by atoms with Crippen LogP contribution in [0.15, 0.2) is 35.2 Å². The monoisotopic (exact) mass is 405 g/mol. The fourth-order valence-corrected chi connectivity index (χ4v) is 3.50. The number of nitrogens with zero attached hydrogens (tertiary/aromatic N) is 1. The first-order chi connectivity index (χ1) is 12.5. The summed E-state index contributed by atoms with van der Waals surface area (Å²) in [5, 5.41) is 18.7. The Morgan fingerprint density at radius 2 is 1.93 bits per heavy atom. The Balaban J connectivity index is 2.07. The quantitative estimate of drug-likeness (QED) is 0.554. The summed E-state index contributed by atoms with van der Waals surface area (Å²) in [6.45, 7) is 0. The number of benzene rings is 2. The zero-order valence-corrected chi connectivity index (χ0v) is 14.0. The maximum absolute atomic E-state index is 13.9. The van der Waals surface area contributed by atoms with Crippen molar-refractivity contribution in [2.45, 2.75) is 28.9 Å². The van der Waals surface area contributed by atoms with Gasteiger partial charge in [-0.2, -0.15) is 18.4 Å². The first-order valence-electron chi connectivity index (χ1n) is 7.36. The molecule has 1 N–H and O–H groups in total. The van der Waals surface area contributed by atoms with Crippen LogP contribution in [0.4, 0.5) is 26.3 Å². The van der Waals surface area contributed by atoms with Gasteiger partial charge in [0.15, 0.2) is 0 Å². The van der Waals surface area contributed by atoms with Crippen LogP contribution < -0.4 is 4.74 Å². The van der Waals surface area contributed by atoms with Crippen LogP contribution >= 0.6 is 11.8 Å². The van der Waals surface area contributed by atoms with Crippen molar-refractivity contribution in [2.75, 3.05) is 0 Å². The third-order valence-electron chi connectivity index (χ3n) is 3.81. The Morgan fingerprint density at radius 3 is 2.56 bits per heavy atom. The maximum Gasteiger partial charge on any atom is 0.446 e. The number of fused-ring (bicyclic) bond motifs is 1. The number of nitriles is 1. The summed E-state index contributed by atoms with van der Waals surface area (Å²) in [4.78, 5) is -0.563. The molecule has 0 saturated heterocycles. The Kier molecular flexibility index (Phi) is 4.78. The average molecular weight is 405 g/mol. The predicted molar refractivity (Wildman–Crippen MR) is 83.2 cm³/mol. The minimum Gasteiger partial charge on any atom is -0.457 e. The van der Waals surface area contributed by atoms with Gasteiger partial charge in [0.1, 0.15) is 23.4 Å². The number of ether oxygens (including phenoxy) is 1. The van der Waals surface area contributed by atoms with E-state index in [0.29, 0.717) is 0 Å². The summed E-state index contributed by atoms with van der Waals surface area (Å²) in [5.74, 6) is -4.92. The third kappa shape index (κ3) is 3.99. The fraction of sp³-hybridized carbons (Fsp3) is 0.235. The van der Waals surface area contributed by atoms with E-state index < -0.39 is 52.0 Å². The number of halogens is 6. The van der Waals surface area contributed by atoms with Gasteiger partial charge in [0.25, 0.3) is 5.92 Å². The molecular weight excluding hydrogens is 396 g/mol. The van der Waals surface area contributed by atoms with Crippen LogP contribution in [0.5, 0.6) is 11.5 Å². The van der Waals surface area contributed by atoms with Gasteiger partial charge in [-0.05, 0) is 36.0 Å². The van der Waals surface area contributed by atoms with Crippen LogP contribution in [0.1, 0.15) is 22.8 Å². The van der Waals surface area contributed by atoms with E-state index in [1.807, 2.05) is 0 Å². The lowest BCUT2D eigenvalue weighted by Crippen LogP contribution is -2.21. The molecule has 1 atom stereocenters. The van der Waals surface area contributed by atoms with Gasteiger partial charge in [-0.3, -0.25) is 0 Å². The van der Waals surface area contributed by atoms with Crippen molar-refractivity contribution >= 4 is 11.8 Å². The summed E-state index contributed by atoms with van der Waals surface area (Å²) in [5.41, 5.74) is -5.70. The van der Waals surface area contributed by atoms with E-state index >= 15 is 0 Å². The van der Waals surface area contributed by atoms with Crippen LogP contribution in [-0.2, 0) is 6.42 Å². The third-order valence-corrected chi connectivity index (χ3v) is 4.62. The summed E-state index contributed by atoms with van der Waals surface area (Å²) >= 11 is -0.618. The van der Waals surface area contributed by atoms with Crippen molar-refractivity contribution < 1.29 is 36.2 Å². The van der Waals surface area contributed by atoms with E-state index in [2.05, 4.69) is 0 Å². The van der Waals surface area contributed by atoms with Crippen molar-refractivity contribution in [2.24, 2.45) is 0 Å². The fourth-order valence-electron chi connectivity index (χ4n) is 2.77. The topological polar surface area (TPSA) is 53.2 Å². The molecule has 1 unspecified atom stereocenters. The summed E-state index contributed by atoms with van der Waals surface area (Å²) in [6, 6.07) is 6.61. The Labute approximate surface area is 153 Å². The second-order valence-electron chi connectivity index (χ2n) is 5.73. The molecule has 2 aromatic carbocycles. The van der Waals surface area contributed by atoms with E-state index in [9.17, 15) is 31.4 Å². The van der Waals surface area contributed by atoms with Gasteiger partial charge in [0, 0.05) is 28.5 Å². The molecule has 0 heterocycles. The van der Waals surface area contributed by atoms with Gasteiger partial charge >= 0.3 is 5.51 Å². The van der Waals surface area contributed by atoms with E-state index in [1.165, 1.54) is 0 Å². The van der Waals surface area contributed by atoms with Gasteiger partial charge in [0.05, 0.1) is 11.6 Å². The number of thioether (sulfide) groups is 1. The van der Waals surface area contributed by atoms with Crippen LogP contribution in [-0.4, -0.2) is 16.5 Å². The smallest absolute Gasteiger partial charge is 0.446 e. The lowest BCUT2D eigenvalue weighted by molar-refractivity contribution is -0.0977. The number of alkyl halides is 5. The molecule has 0 aliphatic heterocycles. The molecule has 0 amide bonds. The van der Waals surface area contributed by atoms with Crippen LogP contribution in [0.3, 0.4) is 0 Å². The first kappa shape index (κ1) is 19.4. The van der Waals surface area contributed by atoms with Crippen molar-refractivity contribution in [3.05, 3.63) is 52.8 Å². The Morgan fingerprint density at radius 1 is 1.22 bits per heavy atom. The molecule has 10 heteroatoms. The molecule has 3 nitrogen and oxygen atoms in total. The lowest BCUT2D eigenvalue weighted by Gasteiger charge is -2.17. The second-order valence-corrected chi connectivity index (χ2v) is 6.84. The highest BCUT2D eigenvalue weighted by Crippen LogP contribution is 2.52. The van der Waals surface area contributed by atoms with E-state index in [-0.39, 0.29) is 22.6 Å². The minimum atomic E-state index is -4.74. The zero-order valence-electron chi connectivity index (χ0n) is 13.1. The number of rotatable bonds is 3. The SMILES string of the molecule is N#Cc1cc(F)cc(Oc2ccc(SC(F)(F)F)c3c2CC(F)(F)C3O)c1. The molecule has 27 heavy (non-hydrogen) atoms. The van der Waals surface area contributed by atoms with Crippen molar-refractivity contribution in [1.29, 1.82) is 5.26 Å². The predicted octanol–water partition coefficient (Wildman–Crippen LogP) is 5.33. The number of hydrogen-bond acceptors (Lipinski definition) is 4. The van der Waals surface area contributed by atoms with Gasteiger partial charge < -0.3 is 9.84 Å². The molecule has 0 radical (unpaired) electrons. The summed E-state index contributed by atoms with van der Waals surface area (Å²) in [6.07, 6.45) is -3.46. The minimum absolute atomic E-state index is 0.0868. The highest BCUT2D eigenvalue weighted by atomic mass is 32.2. The Hall–Kier alpha value is -2.38. The van der Waals surface area contributed by atoms with Crippen LogP contribution in [0.25, 0.3) is 0 Å². The molecule has 0 saturated carbocycles. The molecule has 2 aromatic rings. The molecule has 142 valence electrons. The van der Waals surface area contributed by atoms with Gasteiger partial charge in [-0.25, -0.2) is 13.2 Å². The number of aliphatic hydroxyl groups is 1. The van der Waals surface area contributed by atoms with Crippen LogP contribution in [0.2, 0.25) is 0 Å². The number of hydrogen-bond donors (Lipinski definition) is 1. The van der Waals surface area contributed by atoms with E-state index in [1.54, 1.807) is 6.07 Å². The molecule has 3 rings (SSSR count). The largest absolute Gasteiger partial charge is 0.457 e.